The first-order valence-electron chi connectivity index (χ1n) is 16.9. The quantitative estimate of drug-likeness (QED) is 0.0515. The van der Waals surface area contributed by atoms with Crippen molar-refractivity contribution in [2.75, 3.05) is 0 Å². The lowest BCUT2D eigenvalue weighted by atomic mass is 9.12. The minimum Gasteiger partial charge on any atom is -0.207 e. The fourth-order valence-electron chi connectivity index (χ4n) is 6.97. The summed E-state index contributed by atoms with van der Waals surface area (Å²) in [5.41, 5.74) is -13.0. The van der Waals surface area contributed by atoms with Gasteiger partial charge in [0, 0.05) is 22.0 Å². The van der Waals surface area contributed by atoms with Gasteiger partial charge in [0.1, 0.15) is 52.7 Å². The van der Waals surface area contributed by atoms with Gasteiger partial charge in [0.05, 0.1) is 0 Å². The molecule has 328 valence electrons. The van der Waals surface area contributed by atoms with Crippen LogP contribution in [0.1, 0.15) is 5.56 Å². The van der Waals surface area contributed by atoms with E-state index in [1.165, 1.54) is 16.3 Å². The van der Waals surface area contributed by atoms with Crippen LogP contribution in [0.25, 0.3) is 10.8 Å². The third-order valence-electron chi connectivity index (χ3n) is 9.71. The molecule has 0 radical (unpaired) electrons. The SMILES string of the molecule is Clc1ccc2c[n+](Cc3ccccc3)ccc2c1.Fc1c(F)c(F)c([B-](c2c(F)c(F)c(F)c(F)c2F)(c2c(F)c(F)c(F)c(F)c2F)c2c(F)c(F)c(F)c(F)c2F)c(F)c1F. The van der Waals surface area contributed by atoms with Gasteiger partial charge in [-0.15, -0.1) is 21.9 Å². The summed E-state index contributed by atoms with van der Waals surface area (Å²) >= 11 is 5.98. The zero-order chi connectivity index (χ0) is 46.7. The van der Waals surface area contributed by atoms with Gasteiger partial charge in [-0.1, -0.05) is 41.9 Å². The molecule has 6 aromatic carbocycles. The monoisotopic (exact) mass is 933 g/mol. The lowest BCUT2D eigenvalue weighted by molar-refractivity contribution is -0.687. The Kier molecular flexibility index (Phi) is 12.5. The van der Waals surface area contributed by atoms with E-state index in [-0.39, 0.29) is 0 Å². The summed E-state index contributed by atoms with van der Waals surface area (Å²) in [6, 6.07) is 18.5. The second-order valence-electron chi connectivity index (χ2n) is 13.2. The van der Waals surface area contributed by atoms with Crippen LogP contribution in [0.3, 0.4) is 0 Å². The topological polar surface area (TPSA) is 3.88 Å². The second kappa shape index (κ2) is 17.1. The standard InChI is InChI=1S/C24BF20.C16H13ClN/c26-5-1(6(27)14(35)21(42)13(5)34)25(2-7(28)15(36)22(43)16(37)8(2)29,3-9(30)17(38)23(44)18(39)10(3)31)4-11(32)19(40)24(45)20(41)12(4)33;17-16-7-6-15-12-18(9-8-14(15)10-16)11-13-4-2-1-3-5-13/h;1-10,12H,11H2/q-1;+1. The van der Waals surface area contributed by atoms with Gasteiger partial charge in [-0.3, -0.25) is 0 Å². The highest BCUT2D eigenvalue weighted by Gasteiger charge is 2.52. The van der Waals surface area contributed by atoms with Crippen LogP contribution in [-0.2, 0) is 6.54 Å². The highest BCUT2D eigenvalue weighted by molar-refractivity contribution is 7.20. The van der Waals surface area contributed by atoms with Crippen molar-refractivity contribution in [2.24, 2.45) is 0 Å². The Hall–Kier alpha value is -6.32. The molecule has 7 aromatic rings. The Morgan fingerprint density at radius 3 is 0.968 bits per heavy atom. The van der Waals surface area contributed by atoms with Gasteiger partial charge in [0.2, 0.25) is 0 Å². The van der Waals surface area contributed by atoms with E-state index in [1.54, 1.807) is 0 Å². The molecule has 0 aliphatic rings. The molecule has 7 rings (SSSR count). The van der Waals surface area contributed by atoms with Gasteiger partial charge in [0.15, 0.2) is 88.7 Å². The van der Waals surface area contributed by atoms with Crippen molar-refractivity contribution in [3.8, 4) is 0 Å². The summed E-state index contributed by atoms with van der Waals surface area (Å²) in [5, 5.41) is 3.16. The molecule has 0 atom stereocenters. The Balaban J connectivity index is 0.000000302. The maximum Gasteiger partial charge on any atom is 0.200 e. The van der Waals surface area contributed by atoms with Gasteiger partial charge < -0.3 is 0 Å². The highest BCUT2D eigenvalue weighted by atomic mass is 35.5. The Morgan fingerprint density at radius 1 is 0.349 bits per heavy atom. The zero-order valence-electron chi connectivity index (χ0n) is 30.0. The van der Waals surface area contributed by atoms with Gasteiger partial charge in [-0.2, -0.15) is 0 Å². The molecule has 0 N–H and O–H groups in total. The van der Waals surface area contributed by atoms with Crippen LogP contribution in [0.4, 0.5) is 87.8 Å². The molecule has 63 heavy (non-hydrogen) atoms. The van der Waals surface area contributed by atoms with Crippen LogP contribution in [0.2, 0.25) is 5.02 Å². The van der Waals surface area contributed by atoms with E-state index in [9.17, 15) is 52.7 Å². The minimum atomic E-state index is -7.22. The van der Waals surface area contributed by atoms with Crippen LogP contribution < -0.4 is 26.4 Å². The van der Waals surface area contributed by atoms with E-state index >= 15 is 35.1 Å². The second-order valence-corrected chi connectivity index (χ2v) is 13.6. The molecule has 0 spiro atoms. The molecule has 0 saturated carbocycles. The van der Waals surface area contributed by atoms with Crippen molar-refractivity contribution in [3.05, 3.63) is 194 Å². The van der Waals surface area contributed by atoms with Crippen LogP contribution in [0.5, 0.6) is 0 Å². The molecule has 1 nitrogen and oxygen atoms in total. The Morgan fingerprint density at radius 2 is 0.651 bits per heavy atom. The van der Waals surface area contributed by atoms with Gasteiger partial charge in [0.25, 0.3) is 0 Å². The average Bonchev–Trinajstić information content (AvgIpc) is 3.26. The van der Waals surface area contributed by atoms with Crippen LogP contribution in [0.15, 0.2) is 67.0 Å². The summed E-state index contributed by atoms with van der Waals surface area (Å²) in [6.45, 7) is 0.888. The van der Waals surface area contributed by atoms with Gasteiger partial charge >= 0.3 is 0 Å². The number of rotatable bonds is 6. The number of hydrogen-bond donors (Lipinski definition) is 0. The molecule has 1 heterocycles. The molecular formula is C40H13BClF20N. The summed E-state index contributed by atoms with van der Waals surface area (Å²) in [7, 11) is 0. The normalized spacial score (nSPS) is 11.6. The molecule has 0 saturated heterocycles. The number of pyridine rings is 1. The first kappa shape index (κ1) is 46.2. The van der Waals surface area contributed by atoms with Crippen LogP contribution in [-0.4, -0.2) is 6.15 Å². The third kappa shape index (κ3) is 7.36. The van der Waals surface area contributed by atoms with Crippen molar-refractivity contribution in [3.63, 3.8) is 0 Å². The number of hydrogen-bond acceptors (Lipinski definition) is 0. The smallest absolute Gasteiger partial charge is 0.200 e. The summed E-state index contributed by atoms with van der Waals surface area (Å²) in [4.78, 5) is 0. The first-order valence-corrected chi connectivity index (χ1v) is 17.2. The fraction of sp³-hybridized carbons (Fsp3) is 0.0250. The minimum absolute atomic E-state index is 0.781. The lowest BCUT2D eigenvalue weighted by Gasteiger charge is -2.44. The zero-order valence-corrected chi connectivity index (χ0v) is 30.8. The third-order valence-corrected chi connectivity index (χ3v) is 9.95. The van der Waals surface area contributed by atoms with E-state index in [2.05, 4.69) is 53.4 Å². The van der Waals surface area contributed by atoms with E-state index in [0.29, 0.717) is 0 Å². The van der Waals surface area contributed by atoms with Crippen LogP contribution in [0, 0.1) is 116 Å². The van der Waals surface area contributed by atoms with E-state index in [0.717, 1.165) is 11.6 Å². The Bertz CT molecular complexity index is 2620. The molecule has 0 aliphatic carbocycles. The first-order chi connectivity index (χ1) is 29.5. The maximum atomic E-state index is 15.4. The Labute approximate surface area is 342 Å². The molecular weight excluding hydrogens is 921 g/mol. The summed E-state index contributed by atoms with van der Waals surface area (Å²) in [5.74, 6) is -71.4. The largest absolute Gasteiger partial charge is 0.207 e. The molecule has 1 aromatic heterocycles. The number of aromatic nitrogens is 1. The number of halogens is 21. The van der Waals surface area contributed by atoms with Crippen LogP contribution >= 0.6 is 11.6 Å². The maximum absolute atomic E-state index is 15.4. The highest BCUT2D eigenvalue weighted by Crippen LogP contribution is 2.31. The summed E-state index contributed by atoms with van der Waals surface area (Å²) in [6.07, 6.45) is -2.98. The van der Waals surface area contributed by atoms with Gasteiger partial charge in [-0.05, 0) is 23.6 Å². The molecule has 0 aliphatic heterocycles. The van der Waals surface area contributed by atoms with E-state index < -0.39 is 144 Å². The van der Waals surface area contributed by atoms with Crippen molar-refractivity contribution >= 4 is 50.4 Å². The van der Waals surface area contributed by atoms with E-state index in [1.807, 2.05) is 18.2 Å². The average molecular weight is 934 g/mol. The van der Waals surface area contributed by atoms with Crippen molar-refractivity contribution < 1.29 is 92.4 Å². The van der Waals surface area contributed by atoms with Crippen molar-refractivity contribution in [1.82, 2.24) is 0 Å². The molecule has 23 heteroatoms. The van der Waals surface area contributed by atoms with Gasteiger partial charge in [-0.25, -0.2) is 92.4 Å². The number of nitrogens with zero attached hydrogens (tertiary/aromatic N) is 1. The molecule has 0 amide bonds. The number of benzene rings is 6. The predicted molar refractivity (Wildman–Crippen MR) is 184 cm³/mol. The molecule has 0 unspecified atom stereocenters. The van der Waals surface area contributed by atoms with E-state index in [4.69, 9.17) is 11.6 Å². The number of fused-ring (bicyclic) bond motifs is 1. The summed E-state index contributed by atoms with van der Waals surface area (Å²) < 4.78 is 296. The van der Waals surface area contributed by atoms with Crippen molar-refractivity contribution in [1.29, 1.82) is 0 Å². The lowest BCUT2D eigenvalue weighted by Crippen LogP contribution is -2.81. The molecule has 0 bridgehead atoms. The predicted octanol–water partition coefficient (Wildman–Crippen LogP) is 9.67. The van der Waals surface area contributed by atoms with Crippen molar-refractivity contribution in [2.45, 2.75) is 6.54 Å². The fourth-order valence-corrected chi connectivity index (χ4v) is 7.15. The molecule has 0 fully saturated rings.